The fraction of sp³-hybridized carbons (Fsp3) is 0. The van der Waals surface area contributed by atoms with Crippen LogP contribution in [-0.4, -0.2) is 9.38 Å². The van der Waals surface area contributed by atoms with Crippen LogP contribution in [0, 0.1) is 31.0 Å². The average molecular weight is 418 g/mol. The summed E-state index contributed by atoms with van der Waals surface area (Å²) < 4.78 is 1.86. The van der Waals surface area contributed by atoms with E-state index in [1.807, 2.05) is 65.1 Å². The summed E-state index contributed by atoms with van der Waals surface area (Å²) in [7, 11) is 0. The molecule has 0 aliphatic carbocycles. The highest BCUT2D eigenvalue weighted by atomic mass is 15.0. The zero-order valence-electron chi connectivity index (χ0n) is 17.0. The zero-order valence-corrected chi connectivity index (χ0v) is 17.0. The van der Waals surface area contributed by atoms with Crippen LogP contribution in [0.15, 0.2) is 60.7 Å². The van der Waals surface area contributed by atoms with Crippen molar-refractivity contribution < 1.29 is 0 Å². The molecule has 0 aliphatic rings. The van der Waals surface area contributed by atoms with Crippen LogP contribution in [0.2, 0.25) is 0 Å². The van der Waals surface area contributed by atoms with Gasteiger partial charge in [0.1, 0.15) is 5.65 Å². The highest BCUT2D eigenvalue weighted by Crippen LogP contribution is 2.51. The summed E-state index contributed by atoms with van der Waals surface area (Å²) in [6.45, 7) is 23.4. The lowest BCUT2D eigenvalue weighted by molar-refractivity contribution is 1.31. The minimum Gasteiger partial charge on any atom is -0.293 e. The van der Waals surface area contributed by atoms with Crippen LogP contribution < -0.4 is 0 Å². The standard InChI is InChI=1S/C27H10N6/c1-29-23-18(14-28)26-22(24(30-2)25(23)31-3)21-16-9-5-4-8-15(16)12-13-17(21)27-32-19-10-6-7-11-20(19)33(26)27/h4-13H. The summed E-state index contributed by atoms with van der Waals surface area (Å²) in [5, 5.41) is 14.1. The van der Waals surface area contributed by atoms with Crippen LogP contribution in [0.25, 0.3) is 63.7 Å². The van der Waals surface area contributed by atoms with E-state index >= 15 is 0 Å². The Morgan fingerprint density at radius 2 is 1.48 bits per heavy atom. The maximum absolute atomic E-state index is 10.2. The second kappa shape index (κ2) is 6.53. The van der Waals surface area contributed by atoms with Crippen LogP contribution >= 0.6 is 0 Å². The molecule has 0 aliphatic heterocycles. The first-order valence-corrected chi connectivity index (χ1v) is 10.00. The Morgan fingerprint density at radius 1 is 0.758 bits per heavy atom. The minimum atomic E-state index is -0.0929. The highest BCUT2D eigenvalue weighted by Gasteiger charge is 2.26. The van der Waals surface area contributed by atoms with Crippen LogP contribution in [0.4, 0.5) is 17.1 Å². The van der Waals surface area contributed by atoms with Crippen LogP contribution in [0.3, 0.4) is 0 Å². The Morgan fingerprint density at radius 3 is 2.24 bits per heavy atom. The first-order valence-electron chi connectivity index (χ1n) is 10.00. The van der Waals surface area contributed by atoms with Crippen molar-refractivity contribution >= 4 is 66.2 Å². The molecule has 0 spiro atoms. The average Bonchev–Trinajstić information content (AvgIpc) is 3.26. The summed E-state index contributed by atoms with van der Waals surface area (Å²) in [4.78, 5) is 15.7. The molecule has 6 aromatic rings. The van der Waals surface area contributed by atoms with E-state index in [1.165, 1.54) is 0 Å². The van der Waals surface area contributed by atoms with Crippen molar-refractivity contribution in [1.82, 2.24) is 9.38 Å². The van der Waals surface area contributed by atoms with Gasteiger partial charge in [-0.1, -0.05) is 48.5 Å². The van der Waals surface area contributed by atoms with Crippen molar-refractivity contribution in [3.63, 3.8) is 0 Å². The maximum atomic E-state index is 10.2. The second-order valence-electron chi connectivity index (χ2n) is 7.56. The molecule has 2 aromatic heterocycles. The van der Waals surface area contributed by atoms with Gasteiger partial charge in [-0.25, -0.2) is 4.98 Å². The minimum absolute atomic E-state index is 0.0814. The Labute approximate surface area is 187 Å². The lowest BCUT2D eigenvalue weighted by Gasteiger charge is -2.16. The first kappa shape index (κ1) is 18.3. The molecule has 0 saturated heterocycles. The molecule has 0 amide bonds. The molecule has 0 unspecified atom stereocenters. The van der Waals surface area contributed by atoms with Gasteiger partial charge in [0.05, 0.1) is 42.4 Å². The van der Waals surface area contributed by atoms with Crippen LogP contribution in [0.1, 0.15) is 5.56 Å². The topological polar surface area (TPSA) is 54.2 Å². The van der Waals surface area contributed by atoms with Gasteiger partial charge in [0.15, 0.2) is 5.69 Å². The van der Waals surface area contributed by atoms with Crippen molar-refractivity contribution in [2.75, 3.05) is 0 Å². The quantitative estimate of drug-likeness (QED) is 0.190. The smallest absolute Gasteiger partial charge is 0.203 e. The highest BCUT2D eigenvalue weighted by molar-refractivity contribution is 6.30. The van der Waals surface area contributed by atoms with Gasteiger partial charge in [-0.3, -0.25) is 18.9 Å². The summed E-state index contributed by atoms with van der Waals surface area (Å²) >= 11 is 0. The van der Waals surface area contributed by atoms with Gasteiger partial charge in [-0.05, 0) is 28.3 Å². The molecule has 6 nitrogen and oxygen atoms in total. The van der Waals surface area contributed by atoms with E-state index in [-0.39, 0.29) is 22.6 Å². The van der Waals surface area contributed by atoms with E-state index < -0.39 is 0 Å². The predicted molar refractivity (Wildman–Crippen MR) is 129 cm³/mol. The Hall–Kier alpha value is -5.43. The molecular formula is C27H10N6. The van der Waals surface area contributed by atoms with Crippen molar-refractivity contribution in [2.45, 2.75) is 0 Å². The van der Waals surface area contributed by atoms with Gasteiger partial charge in [-0.15, -0.1) is 0 Å². The van der Waals surface area contributed by atoms with Crippen molar-refractivity contribution in [3.05, 3.63) is 100 Å². The monoisotopic (exact) mass is 418 g/mol. The van der Waals surface area contributed by atoms with Gasteiger partial charge in [-0.2, -0.15) is 5.26 Å². The largest absolute Gasteiger partial charge is 0.293 e. The number of aromatic nitrogens is 2. The van der Waals surface area contributed by atoms with E-state index in [1.54, 1.807) is 0 Å². The van der Waals surface area contributed by atoms with E-state index in [9.17, 15) is 5.26 Å². The molecular weight excluding hydrogens is 408 g/mol. The van der Waals surface area contributed by atoms with Gasteiger partial charge in [0, 0.05) is 16.3 Å². The van der Waals surface area contributed by atoms with Crippen LogP contribution in [-0.2, 0) is 0 Å². The molecule has 6 heteroatoms. The van der Waals surface area contributed by atoms with E-state index in [0.29, 0.717) is 16.6 Å². The molecule has 148 valence electrons. The first-order chi connectivity index (χ1) is 16.2. The molecule has 33 heavy (non-hydrogen) atoms. The van der Waals surface area contributed by atoms with Crippen molar-refractivity contribution in [2.24, 2.45) is 0 Å². The Kier molecular flexibility index (Phi) is 3.63. The van der Waals surface area contributed by atoms with Crippen molar-refractivity contribution in [1.29, 1.82) is 5.26 Å². The zero-order chi connectivity index (χ0) is 22.7. The lowest BCUT2D eigenvalue weighted by Crippen LogP contribution is -1.96. The van der Waals surface area contributed by atoms with Crippen LogP contribution in [0.5, 0.6) is 0 Å². The number of imidazole rings is 1. The normalized spacial score (nSPS) is 10.9. The second-order valence-corrected chi connectivity index (χ2v) is 7.56. The number of benzene rings is 4. The van der Waals surface area contributed by atoms with E-state index in [0.717, 1.165) is 32.6 Å². The fourth-order valence-electron chi connectivity index (χ4n) is 4.75. The third-order valence-electron chi connectivity index (χ3n) is 6.05. The SMILES string of the molecule is [C-]#[N+]c1c([N+]#[C-])c(C#N)c2c(c1[N+]#[C-])c1c3ccccc3ccc1c1nc3ccccc3n12. The molecule has 0 saturated carbocycles. The molecule has 4 aromatic carbocycles. The number of fused-ring (bicyclic) bond motifs is 10. The van der Waals surface area contributed by atoms with E-state index in [2.05, 4.69) is 20.6 Å². The summed E-state index contributed by atoms with van der Waals surface area (Å²) in [5.41, 5.74) is 2.59. The molecule has 6 rings (SSSR count). The molecule has 0 bridgehead atoms. The summed E-state index contributed by atoms with van der Waals surface area (Å²) in [6.07, 6.45) is 0. The number of rotatable bonds is 0. The Bertz CT molecular complexity index is 2020. The number of nitriles is 1. The van der Waals surface area contributed by atoms with Gasteiger partial charge >= 0.3 is 0 Å². The third kappa shape index (κ3) is 2.19. The maximum Gasteiger partial charge on any atom is 0.203 e. The number of nitrogens with zero attached hydrogens (tertiary/aromatic N) is 6. The molecule has 0 radical (unpaired) electrons. The van der Waals surface area contributed by atoms with Crippen molar-refractivity contribution in [3.8, 4) is 6.07 Å². The fourth-order valence-corrected chi connectivity index (χ4v) is 4.75. The number of para-hydroxylation sites is 2. The third-order valence-corrected chi connectivity index (χ3v) is 6.05. The summed E-state index contributed by atoms with van der Waals surface area (Å²) in [5.74, 6) is 0. The molecule has 0 atom stereocenters. The number of hydrogen-bond donors (Lipinski definition) is 0. The Balaban J connectivity index is 2.16. The molecule has 0 N–H and O–H groups in total. The molecule has 0 fully saturated rings. The van der Waals surface area contributed by atoms with Gasteiger partial charge in [0.25, 0.3) is 0 Å². The molecule has 2 heterocycles. The predicted octanol–water partition coefficient (Wildman–Crippen LogP) is 7.47. The lowest BCUT2D eigenvalue weighted by atomic mass is 9.94. The van der Waals surface area contributed by atoms with Gasteiger partial charge in [0.2, 0.25) is 11.4 Å². The van der Waals surface area contributed by atoms with E-state index in [4.69, 9.17) is 24.7 Å². The number of hydrogen-bond acceptors (Lipinski definition) is 2. The number of pyridine rings is 1. The van der Waals surface area contributed by atoms with Gasteiger partial charge < -0.3 is 0 Å². The summed E-state index contributed by atoms with van der Waals surface area (Å²) in [6, 6.07) is 21.5.